The molecular weight excluding hydrogens is 362 g/mol. The number of halogens is 1. The van der Waals surface area contributed by atoms with Gasteiger partial charge in [-0.3, -0.25) is 4.79 Å². The Balaban J connectivity index is 2.08. The van der Waals surface area contributed by atoms with Gasteiger partial charge in [0.1, 0.15) is 0 Å². The molecule has 2 aliphatic rings. The number of amides is 1. The molecule has 0 unspecified atom stereocenters. The summed E-state index contributed by atoms with van der Waals surface area (Å²) in [7, 11) is 0.142. The fourth-order valence-corrected chi connectivity index (χ4v) is 14.4. The molecule has 1 aromatic carbocycles. The Morgan fingerprint density at radius 1 is 1.15 bits per heavy atom. The highest BCUT2D eigenvalue weighted by Crippen LogP contribution is 2.59. The number of nitrogens with zero attached hydrogens (tertiary/aromatic N) is 1. The highest BCUT2D eigenvalue weighted by molar-refractivity contribution is 6.85. The Labute approximate surface area is 164 Å². The average Bonchev–Trinajstić information content (AvgIpc) is 3.06. The molecule has 0 radical (unpaired) electrons. The van der Waals surface area contributed by atoms with E-state index < -0.39 is 13.7 Å². The van der Waals surface area contributed by atoms with E-state index in [0.717, 1.165) is 17.7 Å². The van der Waals surface area contributed by atoms with E-state index >= 15 is 0 Å². The van der Waals surface area contributed by atoms with Crippen molar-refractivity contribution in [2.45, 2.75) is 75.7 Å². The summed E-state index contributed by atoms with van der Waals surface area (Å²) in [6.07, 6.45) is 0.796. The molecule has 0 aromatic heterocycles. The summed E-state index contributed by atoms with van der Waals surface area (Å²) in [5, 5.41) is 0.665. The summed E-state index contributed by atoms with van der Waals surface area (Å²) < 4.78 is 6.42. The van der Waals surface area contributed by atoms with Crippen molar-refractivity contribution in [3.63, 3.8) is 0 Å². The van der Waals surface area contributed by atoms with Crippen molar-refractivity contribution in [2.75, 3.05) is 18.6 Å². The van der Waals surface area contributed by atoms with E-state index in [-0.39, 0.29) is 5.91 Å². The smallest absolute Gasteiger partial charge is 0.263 e. The second-order valence-corrected chi connectivity index (χ2v) is 15.7. The van der Waals surface area contributed by atoms with Gasteiger partial charge in [0.15, 0.2) is 5.60 Å². The predicted molar refractivity (Wildman–Crippen MR) is 112 cm³/mol. The third-order valence-corrected chi connectivity index (χ3v) is 15.2. The zero-order valence-electron chi connectivity index (χ0n) is 17.1. The van der Waals surface area contributed by atoms with E-state index in [1.54, 1.807) is 4.90 Å². The van der Waals surface area contributed by atoms with Crippen molar-refractivity contribution in [1.82, 2.24) is 0 Å². The quantitative estimate of drug-likeness (QED) is 0.588. The Morgan fingerprint density at radius 2 is 1.73 bits per heavy atom. The third-order valence-electron chi connectivity index (χ3n) is 7.18. The van der Waals surface area contributed by atoms with Crippen molar-refractivity contribution in [3.05, 3.63) is 28.8 Å². The number of carbonyl (C=O) groups excluding carboxylic acids is 1. The minimum Gasteiger partial charge on any atom is -0.360 e. The van der Waals surface area contributed by atoms with Crippen LogP contribution in [0.2, 0.25) is 27.2 Å². The number of benzene rings is 1. The van der Waals surface area contributed by atoms with Crippen molar-refractivity contribution in [3.8, 4) is 0 Å². The Kier molecular flexibility index (Phi) is 5.09. The third kappa shape index (κ3) is 2.52. The number of likely N-dealkylation sites (N-methyl/N-ethyl adjacent to an activating group) is 1. The van der Waals surface area contributed by atoms with Gasteiger partial charge in [0.25, 0.3) is 5.91 Å². The molecule has 1 saturated heterocycles. The summed E-state index contributed by atoms with van der Waals surface area (Å²) in [5.41, 5.74) is 3.49. The molecule has 1 amide bonds. The van der Waals surface area contributed by atoms with Crippen LogP contribution in [0.3, 0.4) is 0 Å². The van der Waals surface area contributed by atoms with Gasteiger partial charge >= 0.3 is 0 Å². The second kappa shape index (κ2) is 6.64. The van der Waals surface area contributed by atoms with E-state index in [1.165, 1.54) is 0 Å². The molecule has 2 heterocycles. The lowest BCUT2D eigenvalue weighted by atomic mass is 9.92. The first-order valence-electron chi connectivity index (χ1n) is 9.81. The fraction of sp³-hybridized carbons (Fsp3) is 0.667. The summed E-state index contributed by atoms with van der Waals surface area (Å²) in [6, 6.07) is 5.73. The highest BCUT2D eigenvalue weighted by Gasteiger charge is 2.61. The first-order valence-corrected chi connectivity index (χ1v) is 12.5. The maximum absolute atomic E-state index is 13.3. The SMILES string of the molecule is CC(C)[Si](C(C)C)(C(C)C)[C@@H]1CO[C@@]2(C1)C(=O)N(C)c1ccc(Cl)cc12. The normalized spacial score (nSPS) is 26.0. The molecule has 0 aliphatic carbocycles. The zero-order chi connectivity index (χ0) is 19.4. The highest BCUT2D eigenvalue weighted by atomic mass is 35.5. The van der Waals surface area contributed by atoms with Gasteiger partial charge in [-0.15, -0.1) is 0 Å². The van der Waals surface area contributed by atoms with Crippen LogP contribution in [0.4, 0.5) is 5.69 Å². The van der Waals surface area contributed by atoms with Gasteiger partial charge in [-0.1, -0.05) is 69.8 Å². The number of rotatable bonds is 4. The minimum atomic E-state index is -1.70. The van der Waals surface area contributed by atoms with Gasteiger partial charge in [0.05, 0.1) is 13.8 Å². The predicted octanol–water partition coefficient (Wildman–Crippen LogP) is 5.98. The lowest BCUT2D eigenvalue weighted by molar-refractivity contribution is -0.137. The number of fused-ring (bicyclic) bond motifs is 2. The van der Waals surface area contributed by atoms with Crippen LogP contribution < -0.4 is 4.90 Å². The maximum atomic E-state index is 13.3. The average molecular weight is 394 g/mol. The van der Waals surface area contributed by atoms with E-state index in [1.807, 2.05) is 25.2 Å². The molecule has 0 saturated carbocycles. The van der Waals surface area contributed by atoms with Crippen LogP contribution in [0, 0.1) is 0 Å². The van der Waals surface area contributed by atoms with Gasteiger partial charge in [0, 0.05) is 24.2 Å². The molecular formula is C21H32ClNO2Si. The van der Waals surface area contributed by atoms with Crippen LogP contribution in [0.1, 0.15) is 53.5 Å². The first-order chi connectivity index (χ1) is 12.1. The van der Waals surface area contributed by atoms with Crippen LogP contribution in [-0.2, 0) is 15.1 Å². The Morgan fingerprint density at radius 3 is 2.27 bits per heavy atom. The molecule has 1 spiro atoms. The van der Waals surface area contributed by atoms with Crippen molar-refractivity contribution >= 4 is 31.3 Å². The molecule has 2 aliphatic heterocycles. The van der Waals surface area contributed by atoms with Crippen LogP contribution >= 0.6 is 11.6 Å². The van der Waals surface area contributed by atoms with Crippen molar-refractivity contribution < 1.29 is 9.53 Å². The number of hydrogen-bond acceptors (Lipinski definition) is 2. The summed E-state index contributed by atoms with van der Waals surface area (Å²) in [6.45, 7) is 15.0. The molecule has 0 N–H and O–H groups in total. The lowest BCUT2D eigenvalue weighted by Gasteiger charge is -2.47. The summed E-state index contributed by atoms with van der Waals surface area (Å²) in [4.78, 5) is 15.0. The fourth-order valence-electron chi connectivity index (χ4n) is 6.40. The molecule has 144 valence electrons. The van der Waals surface area contributed by atoms with E-state index in [0.29, 0.717) is 33.8 Å². The van der Waals surface area contributed by atoms with E-state index in [2.05, 4.69) is 41.5 Å². The molecule has 1 aromatic rings. The molecule has 2 atom stereocenters. The number of carbonyl (C=O) groups is 1. The van der Waals surface area contributed by atoms with Gasteiger partial charge in [0.2, 0.25) is 0 Å². The van der Waals surface area contributed by atoms with Gasteiger partial charge < -0.3 is 9.64 Å². The van der Waals surface area contributed by atoms with Gasteiger partial charge in [-0.05, 0) is 30.2 Å². The van der Waals surface area contributed by atoms with Gasteiger partial charge in [-0.2, -0.15) is 0 Å². The topological polar surface area (TPSA) is 29.5 Å². The van der Waals surface area contributed by atoms with Crippen molar-refractivity contribution in [1.29, 1.82) is 0 Å². The Bertz CT molecular complexity index is 696. The molecule has 0 bridgehead atoms. The van der Waals surface area contributed by atoms with Crippen molar-refractivity contribution in [2.24, 2.45) is 0 Å². The van der Waals surface area contributed by atoms with E-state index in [4.69, 9.17) is 16.3 Å². The number of anilines is 1. The number of ether oxygens (including phenoxy) is 1. The standard InChI is InChI=1S/C21H32ClNO2Si/c1-13(2)26(14(3)4,15(5)6)17-11-21(25-12-17)18-10-16(22)8-9-19(18)23(7)20(21)24/h8-10,13-15,17H,11-12H2,1-7H3/t17-,21+/m0/s1. The molecule has 1 fully saturated rings. The van der Waals surface area contributed by atoms with Crippen LogP contribution in [0.5, 0.6) is 0 Å². The molecule has 26 heavy (non-hydrogen) atoms. The maximum Gasteiger partial charge on any atom is 0.263 e. The minimum absolute atomic E-state index is 0.0661. The van der Waals surface area contributed by atoms with Crippen LogP contribution in [-0.4, -0.2) is 27.6 Å². The number of hydrogen-bond donors (Lipinski definition) is 0. The second-order valence-electron chi connectivity index (χ2n) is 9.03. The first kappa shape index (κ1) is 19.9. The molecule has 3 rings (SSSR count). The summed E-state index contributed by atoms with van der Waals surface area (Å²) in [5.74, 6) is 0.0661. The Hall–Kier alpha value is -0.843. The summed E-state index contributed by atoms with van der Waals surface area (Å²) >= 11 is 6.28. The van der Waals surface area contributed by atoms with Gasteiger partial charge in [-0.25, -0.2) is 0 Å². The molecule has 5 heteroatoms. The molecule has 3 nitrogen and oxygen atoms in total. The van der Waals surface area contributed by atoms with Crippen LogP contribution in [0.25, 0.3) is 0 Å². The largest absolute Gasteiger partial charge is 0.360 e. The lowest BCUT2D eigenvalue weighted by Crippen LogP contribution is -2.49. The van der Waals surface area contributed by atoms with Crippen LogP contribution in [0.15, 0.2) is 18.2 Å². The van der Waals surface area contributed by atoms with E-state index in [9.17, 15) is 4.79 Å². The zero-order valence-corrected chi connectivity index (χ0v) is 18.9. The monoisotopic (exact) mass is 393 g/mol.